The van der Waals surface area contributed by atoms with Crippen molar-refractivity contribution >= 4 is 11.9 Å². The molecule has 1 rings (SSSR count). The Kier molecular flexibility index (Phi) is 3.49. The van der Waals surface area contributed by atoms with Gasteiger partial charge in [0.2, 0.25) is 0 Å². The third kappa shape index (κ3) is 3.36. The van der Waals surface area contributed by atoms with Crippen molar-refractivity contribution in [1.29, 1.82) is 0 Å². The smallest absolute Gasteiger partial charge is 0.307 e. The predicted molar refractivity (Wildman–Crippen MR) is 49.9 cm³/mol. The third-order valence-corrected chi connectivity index (χ3v) is 2.85. The van der Waals surface area contributed by atoms with E-state index in [2.05, 4.69) is 0 Å². The minimum Gasteiger partial charge on any atom is -0.481 e. The van der Waals surface area contributed by atoms with Gasteiger partial charge in [0.15, 0.2) is 0 Å². The van der Waals surface area contributed by atoms with Gasteiger partial charge in [-0.3, -0.25) is 9.59 Å². The van der Waals surface area contributed by atoms with Crippen LogP contribution in [0.25, 0.3) is 0 Å². The van der Waals surface area contributed by atoms with Gasteiger partial charge in [-0.2, -0.15) is 0 Å². The van der Waals surface area contributed by atoms with Crippen LogP contribution in [0.3, 0.4) is 0 Å². The van der Waals surface area contributed by atoms with Crippen molar-refractivity contribution < 1.29 is 19.8 Å². The Balaban J connectivity index is 2.41. The van der Waals surface area contributed by atoms with Crippen LogP contribution in [0.1, 0.15) is 32.6 Å². The Morgan fingerprint density at radius 1 is 1.36 bits per heavy atom. The van der Waals surface area contributed by atoms with E-state index >= 15 is 0 Å². The van der Waals surface area contributed by atoms with Crippen molar-refractivity contribution in [3.8, 4) is 0 Å². The Hall–Kier alpha value is -1.06. The van der Waals surface area contributed by atoms with E-state index in [1.807, 2.05) is 6.92 Å². The fraction of sp³-hybridized carbons (Fsp3) is 0.800. The van der Waals surface area contributed by atoms with E-state index in [1.165, 1.54) is 12.8 Å². The first-order valence-electron chi connectivity index (χ1n) is 4.95. The van der Waals surface area contributed by atoms with Gasteiger partial charge in [0.1, 0.15) is 0 Å². The highest BCUT2D eigenvalue weighted by Crippen LogP contribution is 2.39. The molecule has 1 fully saturated rings. The molecule has 2 unspecified atom stereocenters. The topological polar surface area (TPSA) is 74.6 Å². The molecule has 2 N–H and O–H groups in total. The molecule has 14 heavy (non-hydrogen) atoms. The second-order valence-electron chi connectivity index (χ2n) is 4.18. The monoisotopic (exact) mass is 200 g/mol. The largest absolute Gasteiger partial charge is 0.481 e. The van der Waals surface area contributed by atoms with Crippen molar-refractivity contribution in [2.24, 2.45) is 17.8 Å². The lowest BCUT2D eigenvalue weighted by Crippen LogP contribution is -2.20. The van der Waals surface area contributed by atoms with Crippen molar-refractivity contribution in [3.05, 3.63) is 0 Å². The molecule has 0 aromatic rings. The van der Waals surface area contributed by atoms with E-state index in [0.29, 0.717) is 18.3 Å². The van der Waals surface area contributed by atoms with Gasteiger partial charge in [-0.05, 0) is 31.1 Å². The number of carbonyl (C=O) groups is 2. The fourth-order valence-electron chi connectivity index (χ4n) is 1.79. The molecule has 0 bridgehead atoms. The molecule has 1 aliphatic rings. The van der Waals surface area contributed by atoms with E-state index in [0.717, 1.165) is 0 Å². The Morgan fingerprint density at radius 3 is 2.29 bits per heavy atom. The van der Waals surface area contributed by atoms with Crippen LogP contribution in [-0.4, -0.2) is 22.2 Å². The van der Waals surface area contributed by atoms with Crippen LogP contribution in [-0.2, 0) is 9.59 Å². The Bertz CT molecular complexity index is 232. The van der Waals surface area contributed by atoms with Crippen LogP contribution in [0.15, 0.2) is 0 Å². The second-order valence-corrected chi connectivity index (χ2v) is 4.18. The summed E-state index contributed by atoms with van der Waals surface area (Å²) in [5, 5.41) is 17.3. The average molecular weight is 200 g/mol. The molecule has 1 aliphatic carbocycles. The summed E-state index contributed by atoms with van der Waals surface area (Å²) in [5.74, 6) is -1.76. The molecule has 0 saturated heterocycles. The number of rotatable bonds is 6. The molecule has 0 spiro atoms. The molecular weight excluding hydrogens is 184 g/mol. The molecule has 80 valence electrons. The van der Waals surface area contributed by atoms with Crippen molar-refractivity contribution in [1.82, 2.24) is 0 Å². The van der Waals surface area contributed by atoms with Gasteiger partial charge in [0.05, 0.1) is 12.3 Å². The first-order valence-corrected chi connectivity index (χ1v) is 4.95. The first-order chi connectivity index (χ1) is 6.50. The quantitative estimate of drug-likeness (QED) is 0.682. The lowest BCUT2D eigenvalue weighted by Gasteiger charge is -2.15. The normalized spacial score (nSPS) is 20.1. The van der Waals surface area contributed by atoms with Gasteiger partial charge in [0, 0.05) is 0 Å². The molecule has 2 atom stereocenters. The van der Waals surface area contributed by atoms with Crippen LogP contribution in [0.5, 0.6) is 0 Å². The number of carboxylic acid groups (broad SMARTS) is 2. The standard InChI is InChI=1S/C10H16O4/c1-6(7-2-3-7)4-8(10(13)14)5-9(11)12/h6-8H,2-5H2,1H3,(H,11,12)(H,13,14). The maximum Gasteiger partial charge on any atom is 0.307 e. The van der Waals surface area contributed by atoms with E-state index in [1.54, 1.807) is 0 Å². The van der Waals surface area contributed by atoms with Crippen LogP contribution in [0.2, 0.25) is 0 Å². The van der Waals surface area contributed by atoms with Gasteiger partial charge < -0.3 is 10.2 Å². The molecule has 4 nitrogen and oxygen atoms in total. The highest BCUT2D eigenvalue weighted by molar-refractivity contribution is 5.77. The lowest BCUT2D eigenvalue weighted by molar-refractivity contribution is -0.148. The van der Waals surface area contributed by atoms with E-state index in [9.17, 15) is 9.59 Å². The highest BCUT2D eigenvalue weighted by Gasteiger charge is 2.32. The summed E-state index contributed by atoms with van der Waals surface area (Å²) in [6, 6.07) is 0. The summed E-state index contributed by atoms with van der Waals surface area (Å²) >= 11 is 0. The molecule has 4 heteroatoms. The molecule has 0 radical (unpaired) electrons. The summed E-state index contributed by atoms with van der Waals surface area (Å²) in [6.07, 6.45) is 2.57. The first kappa shape index (κ1) is 11.0. The summed E-state index contributed by atoms with van der Waals surface area (Å²) < 4.78 is 0. The average Bonchev–Trinajstić information content (AvgIpc) is 2.83. The molecule has 1 saturated carbocycles. The lowest BCUT2D eigenvalue weighted by atomic mass is 9.90. The van der Waals surface area contributed by atoms with Crippen LogP contribution >= 0.6 is 0 Å². The minimum atomic E-state index is -1.03. The van der Waals surface area contributed by atoms with Crippen LogP contribution in [0.4, 0.5) is 0 Å². The van der Waals surface area contributed by atoms with Crippen molar-refractivity contribution in [2.75, 3.05) is 0 Å². The maximum atomic E-state index is 10.8. The van der Waals surface area contributed by atoms with Crippen molar-refractivity contribution in [2.45, 2.75) is 32.6 Å². The third-order valence-electron chi connectivity index (χ3n) is 2.85. The zero-order valence-corrected chi connectivity index (χ0v) is 8.27. The summed E-state index contributed by atoms with van der Waals surface area (Å²) in [5.41, 5.74) is 0. The Morgan fingerprint density at radius 2 is 1.93 bits per heavy atom. The van der Waals surface area contributed by atoms with Gasteiger partial charge in [0.25, 0.3) is 0 Å². The zero-order valence-electron chi connectivity index (χ0n) is 8.27. The second kappa shape index (κ2) is 4.44. The summed E-state index contributed by atoms with van der Waals surface area (Å²) in [4.78, 5) is 21.2. The fourth-order valence-corrected chi connectivity index (χ4v) is 1.79. The number of aliphatic carboxylic acids is 2. The molecule has 0 heterocycles. The molecule has 0 amide bonds. The van der Waals surface area contributed by atoms with E-state index in [-0.39, 0.29) is 6.42 Å². The molecule has 0 aromatic heterocycles. The number of hydrogen-bond acceptors (Lipinski definition) is 2. The zero-order chi connectivity index (χ0) is 10.7. The predicted octanol–water partition coefficient (Wildman–Crippen LogP) is 1.60. The van der Waals surface area contributed by atoms with E-state index in [4.69, 9.17) is 10.2 Å². The summed E-state index contributed by atoms with van der Waals surface area (Å²) in [6.45, 7) is 2.01. The van der Waals surface area contributed by atoms with Gasteiger partial charge in [-0.25, -0.2) is 0 Å². The van der Waals surface area contributed by atoms with Gasteiger partial charge >= 0.3 is 11.9 Å². The Labute approximate surface area is 82.9 Å². The number of hydrogen-bond donors (Lipinski definition) is 2. The van der Waals surface area contributed by atoms with Crippen LogP contribution < -0.4 is 0 Å². The highest BCUT2D eigenvalue weighted by atomic mass is 16.4. The SMILES string of the molecule is CC(CC(CC(=O)O)C(=O)O)C1CC1. The molecule has 0 aromatic carbocycles. The van der Waals surface area contributed by atoms with E-state index < -0.39 is 17.9 Å². The minimum absolute atomic E-state index is 0.258. The molecule has 0 aliphatic heterocycles. The summed E-state index contributed by atoms with van der Waals surface area (Å²) in [7, 11) is 0. The van der Waals surface area contributed by atoms with Gasteiger partial charge in [-0.1, -0.05) is 6.92 Å². The maximum absolute atomic E-state index is 10.8. The van der Waals surface area contributed by atoms with Crippen molar-refractivity contribution in [3.63, 3.8) is 0 Å². The van der Waals surface area contributed by atoms with Crippen LogP contribution in [0, 0.1) is 17.8 Å². The van der Waals surface area contributed by atoms with Gasteiger partial charge in [-0.15, -0.1) is 0 Å². The number of carboxylic acids is 2. The molecular formula is C10H16O4.